The monoisotopic (exact) mass is 311 g/mol. The predicted octanol–water partition coefficient (Wildman–Crippen LogP) is 2.82. The average molecular weight is 311 g/mol. The summed E-state index contributed by atoms with van der Waals surface area (Å²) in [6.45, 7) is 0. The topological polar surface area (TPSA) is 55.4 Å². The lowest BCUT2D eigenvalue weighted by Gasteiger charge is -2.29. The van der Waals surface area contributed by atoms with E-state index in [2.05, 4.69) is 5.32 Å². The van der Waals surface area contributed by atoms with Gasteiger partial charge in [-0.2, -0.15) is 0 Å². The number of esters is 1. The third-order valence-electron chi connectivity index (χ3n) is 4.04. The van der Waals surface area contributed by atoms with E-state index >= 15 is 0 Å². The second-order valence-electron chi connectivity index (χ2n) is 5.50. The zero-order chi connectivity index (χ0) is 16.1. The van der Waals surface area contributed by atoms with E-state index in [4.69, 9.17) is 4.74 Å². The Labute approximate surface area is 127 Å². The van der Waals surface area contributed by atoms with Crippen LogP contribution in [-0.2, 0) is 9.53 Å². The van der Waals surface area contributed by atoms with Crippen LogP contribution in [0.15, 0.2) is 18.2 Å². The normalized spacial score (nSPS) is 16.9. The summed E-state index contributed by atoms with van der Waals surface area (Å²) in [4.78, 5) is 24.1. The van der Waals surface area contributed by atoms with Crippen molar-refractivity contribution in [3.05, 3.63) is 35.4 Å². The van der Waals surface area contributed by atoms with Crippen LogP contribution in [0.1, 0.15) is 42.5 Å². The minimum absolute atomic E-state index is 0.0198. The summed E-state index contributed by atoms with van der Waals surface area (Å²) in [7, 11) is 1.25. The van der Waals surface area contributed by atoms with Crippen molar-refractivity contribution in [1.82, 2.24) is 5.32 Å². The fraction of sp³-hybridized carbons (Fsp3) is 0.500. The maximum absolute atomic E-state index is 13.7. The molecule has 4 nitrogen and oxygen atoms in total. The van der Waals surface area contributed by atoms with Crippen LogP contribution in [0.25, 0.3) is 0 Å². The molecule has 0 saturated heterocycles. The Morgan fingerprint density at radius 3 is 2.50 bits per heavy atom. The van der Waals surface area contributed by atoms with Crippen LogP contribution < -0.4 is 5.32 Å². The minimum Gasteiger partial charge on any atom is -0.467 e. The van der Waals surface area contributed by atoms with Gasteiger partial charge in [-0.3, -0.25) is 4.79 Å². The summed E-state index contributed by atoms with van der Waals surface area (Å²) in [5, 5.41) is 2.54. The zero-order valence-electron chi connectivity index (χ0n) is 12.4. The van der Waals surface area contributed by atoms with Crippen LogP contribution in [0.2, 0.25) is 0 Å². The van der Waals surface area contributed by atoms with E-state index in [1.165, 1.54) is 7.11 Å². The molecule has 0 radical (unpaired) electrons. The van der Waals surface area contributed by atoms with Gasteiger partial charge in [-0.1, -0.05) is 19.3 Å². The van der Waals surface area contributed by atoms with E-state index < -0.39 is 29.6 Å². The molecule has 1 aliphatic rings. The largest absolute Gasteiger partial charge is 0.467 e. The Bertz CT molecular complexity index is 556. The molecule has 6 heteroatoms. The van der Waals surface area contributed by atoms with Gasteiger partial charge in [0.05, 0.1) is 12.7 Å². The predicted molar refractivity (Wildman–Crippen MR) is 76.2 cm³/mol. The van der Waals surface area contributed by atoms with Crippen molar-refractivity contribution in [2.45, 2.75) is 38.1 Å². The van der Waals surface area contributed by atoms with E-state index in [9.17, 15) is 18.4 Å². The highest BCUT2D eigenvalue weighted by molar-refractivity contribution is 5.97. The summed E-state index contributed by atoms with van der Waals surface area (Å²) in [6, 6.07) is 1.91. The first-order valence-corrected chi connectivity index (χ1v) is 7.36. The number of amides is 1. The lowest BCUT2D eigenvalue weighted by Crippen LogP contribution is -2.47. The van der Waals surface area contributed by atoms with Crippen molar-refractivity contribution in [3.8, 4) is 0 Å². The summed E-state index contributed by atoms with van der Waals surface area (Å²) in [5.74, 6) is -3.01. The Morgan fingerprint density at radius 2 is 1.91 bits per heavy atom. The van der Waals surface area contributed by atoms with Gasteiger partial charge in [-0.15, -0.1) is 0 Å². The highest BCUT2D eigenvalue weighted by Gasteiger charge is 2.32. The standard InChI is InChI=1S/C16H19F2NO3/c1-22-16(21)14(10-5-3-2-4-6-10)19-15(20)12-8-7-11(17)9-13(12)18/h7-10,14H,2-6H2,1H3,(H,19,20)/t14-/m1/s1. The third-order valence-corrected chi connectivity index (χ3v) is 4.04. The number of benzene rings is 1. The highest BCUT2D eigenvalue weighted by atomic mass is 19.1. The summed E-state index contributed by atoms with van der Waals surface area (Å²) in [5.41, 5.74) is -0.286. The smallest absolute Gasteiger partial charge is 0.328 e. The molecule has 1 aromatic carbocycles. The van der Waals surface area contributed by atoms with Gasteiger partial charge < -0.3 is 10.1 Å². The Hall–Kier alpha value is -1.98. The molecule has 22 heavy (non-hydrogen) atoms. The SMILES string of the molecule is COC(=O)[C@H](NC(=O)c1ccc(F)cc1F)C1CCCCC1. The molecule has 1 aliphatic carbocycles. The van der Waals surface area contributed by atoms with Crippen molar-refractivity contribution in [2.75, 3.05) is 7.11 Å². The number of carbonyl (C=O) groups excluding carboxylic acids is 2. The first-order chi connectivity index (χ1) is 10.5. The average Bonchev–Trinajstić information content (AvgIpc) is 2.52. The summed E-state index contributed by atoms with van der Waals surface area (Å²) in [6.07, 6.45) is 4.70. The number of hydrogen-bond donors (Lipinski definition) is 1. The van der Waals surface area contributed by atoms with Gasteiger partial charge in [0.2, 0.25) is 0 Å². The number of carbonyl (C=O) groups is 2. The molecule has 1 saturated carbocycles. The van der Waals surface area contributed by atoms with Crippen LogP contribution in [-0.4, -0.2) is 25.0 Å². The van der Waals surface area contributed by atoms with Crippen LogP contribution in [0, 0.1) is 17.6 Å². The minimum atomic E-state index is -0.954. The van der Waals surface area contributed by atoms with Gasteiger partial charge in [-0.05, 0) is 30.9 Å². The fourth-order valence-electron chi connectivity index (χ4n) is 2.86. The van der Waals surface area contributed by atoms with Gasteiger partial charge in [0.15, 0.2) is 0 Å². The van der Waals surface area contributed by atoms with E-state index in [1.54, 1.807) is 0 Å². The quantitative estimate of drug-likeness (QED) is 0.870. The third kappa shape index (κ3) is 3.81. The number of methoxy groups -OCH3 is 1. The molecule has 1 amide bonds. The second kappa shape index (κ2) is 7.33. The molecule has 1 fully saturated rings. The van der Waals surface area contributed by atoms with Crippen molar-refractivity contribution in [3.63, 3.8) is 0 Å². The number of halogens is 2. The molecular formula is C16H19F2NO3. The van der Waals surface area contributed by atoms with Gasteiger partial charge >= 0.3 is 5.97 Å². The molecule has 1 N–H and O–H groups in total. The summed E-state index contributed by atoms with van der Waals surface area (Å²) >= 11 is 0. The number of hydrogen-bond acceptors (Lipinski definition) is 3. The van der Waals surface area contributed by atoms with Crippen molar-refractivity contribution in [1.29, 1.82) is 0 Å². The molecule has 0 heterocycles. The Morgan fingerprint density at radius 1 is 1.23 bits per heavy atom. The molecule has 120 valence electrons. The van der Waals surface area contributed by atoms with Gasteiger partial charge in [-0.25, -0.2) is 13.6 Å². The maximum atomic E-state index is 13.7. The summed E-state index contributed by atoms with van der Waals surface area (Å²) < 4.78 is 31.3. The van der Waals surface area contributed by atoms with Crippen LogP contribution in [0.3, 0.4) is 0 Å². The molecule has 2 rings (SSSR count). The highest BCUT2D eigenvalue weighted by Crippen LogP contribution is 2.27. The molecule has 1 atom stereocenters. The van der Waals surface area contributed by atoms with Crippen molar-refractivity contribution < 1.29 is 23.1 Å². The second-order valence-corrected chi connectivity index (χ2v) is 5.50. The van der Waals surface area contributed by atoms with Crippen LogP contribution in [0.5, 0.6) is 0 Å². The Balaban J connectivity index is 2.15. The number of ether oxygens (including phenoxy) is 1. The lowest BCUT2D eigenvalue weighted by molar-refractivity contribution is -0.144. The van der Waals surface area contributed by atoms with Crippen molar-refractivity contribution in [2.24, 2.45) is 5.92 Å². The molecule has 0 bridgehead atoms. The van der Waals surface area contributed by atoms with E-state index in [-0.39, 0.29) is 11.5 Å². The van der Waals surface area contributed by atoms with E-state index in [0.29, 0.717) is 6.07 Å². The van der Waals surface area contributed by atoms with Gasteiger partial charge in [0.25, 0.3) is 5.91 Å². The molecule has 1 aromatic rings. The van der Waals surface area contributed by atoms with Gasteiger partial charge in [0.1, 0.15) is 17.7 Å². The zero-order valence-corrected chi connectivity index (χ0v) is 12.4. The first-order valence-electron chi connectivity index (χ1n) is 7.36. The van der Waals surface area contributed by atoms with Gasteiger partial charge in [0, 0.05) is 6.07 Å². The van der Waals surface area contributed by atoms with E-state index in [1.807, 2.05) is 0 Å². The molecule has 0 spiro atoms. The fourth-order valence-corrected chi connectivity index (χ4v) is 2.86. The van der Waals surface area contributed by atoms with Crippen LogP contribution in [0.4, 0.5) is 8.78 Å². The first kappa shape index (κ1) is 16.4. The maximum Gasteiger partial charge on any atom is 0.328 e. The molecule has 0 unspecified atom stereocenters. The Kier molecular flexibility index (Phi) is 5.46. The van der Waals surface area contributed by atoms with Crippen LogP contribution >= 0.6 is 0 Å². The molecular weight excluding hydrogens is 292 g/mol. The van der Waals surface area contributed by atoms with E-state index in [0.717, 1.165) is 44.2 Å². The number of nitrogens with one attached hydrogen (secondary N) is 1. The lowest BCUT2D eigenvalue weighted by atomic mass is 9.83. The molecule has 0 aromatic heterocycles. The molecule has 0 aliphatic heterocycles. The van der Waals surface area contributed by atoms with Crippen molar-refractivity contribution >= 4 is 11.9 Å². The number of rotatable bonds is 4.